The number of anilines is 1. The molecule has 5 nitrogen and oxygen atoms in total. The van der Waals surface area contributed by atoms with E-state index in [-0.39, 0.29) is 26.8 Å². The summed E-state index contributed by atoms with van der Waals surface area (Å²) in [7, 11) is -3.54. The number of hydrogen-bond acceptors (Lipinski definition) is 5. The van der Waals surface area contributed by atoms with Gasteiger partial charge in [0.2, 0.25) is 10.0 Å². The number of hydrogen-bond donors (Lipinski definition) is 2. The van der Waals surface area contributed by atoms with Crippen molar-refractivity contribution in [1.29, 1.82) is 0 Å². The number of sulfonamides is 1. The molecular formula is C12H18N2O3S2. The SMILES string of the molecule is CC1CN(S(=O)(=O)c2ccc(O)c(N)c2)CC(C)S1. The first-order valence-electron chi connectivity index (χ1n) is 6.05. The van der Waals surface area contributed by atoms with Crippen LogP contribution >= 0.6 is 11.8 Å². The number of nitrogens with two attached hydrogens (primary N) is 1. The van der Waals surface area contributed by atoms with Crippen molar-refractivity contribution in [3.8, 4) is 5.75 Å². The van der Waals surface area contributed by atoms with Crippen molar-refractivity contribution in [3.63, 3.8) is 0 Å². The van der Waals surface area contributed by atoms with Crippen LogP contribution in [0.4, 0.5) is 5.69 Å². The van der Waals surface area contributed by atoms with Gasteiger partial charge >= 0.3 is 0 Å². The summed E-state index contributed by atoms with van der Waals surface area (Å²) in [6, 6.07) is 4.01. The molecule has 1 aliphatic rings. The van der Waals surface area contributed by atoms with Crippen LogP contribution in [0.5, 0.6) is 5.75 Å². The van der Waals surface area contributed by atoms with Gasteiger partial charge in [-0.1, -0.05) is 13.8 Å². The van der Waals surface area contributed by atoms with Crippen LogP contribution in [0.2, 0.25) is 0 Å². The molecule has 1 aliphatic heterocycles. The number of phenolic OH excluding ortho intramolecular Hbond substituents is 1. The molecule has 0 amide bonds. The highest BCUT2D eigenvalue weighted by atomic mass is 32.2. The van der Waals surface area contributed by atoms with E-state index in [9.17, 15) is 13.5 Å². The second kappa shape index (κ2) is 5.22. The van der Waals surface area contributed by atoms with Gasteiger partial charge in [0.1, 0.15) is 5.75 Å². The predicted octanol–water partition coefficient (Wildman–Crippen LogP) is 1.49. The molecule has 0 bridgehead atoms. The molecule has 3 N–H and O–H groups in total. The molecular weight excluding hydrogens is 284 g/mol. The molecule has 1 aromatic carbocycles. The molecule has 19 heavy (non-hydrogen) atoms. The smallest absolute Gasteiger partial charge is 0.243 e. The quantitative estimate of drug-likeness (QED) is 0.639. The van der Waals surface area contributed by atoms with Crippen molar-refractivity contribution in [2.24, 2.45) is 0 Å². The first-order valence-corrected chi connectivity index (χ1v) is 8.43. The minimum Gasteiger partial charge on any atom is -0.506 e. The van der Waals surface area contributed by atoms with Crippen molar-refractivity contribution >= 4 is 27.5 Å². The lowest BCUT2D eigenvalue weighted by Crippen LogP contribution is -2.43. The maximum atomic E-state index is 12.5. The zero-order chi connectivity index (χ0) is 14.2. The normalized spacial score (nSPS) is 25.4. The molecule has 106 valence electrons. The van der Waals surface area contributed by atoms with Crippen molar-refractivity contribution in [2.45, 2.75) is 29.2 Å². The zero-order valence-corrected chi connectivity index (χ0v) is 12.5. The van der Waals surface area contributed by atoms with Crippen LogP contribution in [0.15, 0.2) is 23.1 Å². The van der Waals surface area contributed by atoms with E-state index >= 15 is 0 Å². The third kappa shape index (κ3) is 2.98. The van der Waals surface area contributed by atoms with E-state index in [1.807, 2.05) is 13.8 Å². The fraction of sp³-hybridized carbons (Fsp3) is 0.500. The van der Waals surface area contributed by atoms with Gasteiger partial charge < -0.3 is 10.8 Å². The molecule has 2 rings (SSSR count). The second-order valence-electron chi connectivity index (χ2n) is 4.80. The molecule has 1 aromatic rings. The largest absolute Gasteiger partial charge is 0.506 e. The van der Waals surface area contributed by atoms with Crippen LogP contribution in [0.25, 0.3) is 0 Å². The topological polar surface area (TPSA) is 83.6 Å². The first-order chi connectivity index (χ1) is 8.80. The summed E-state index contributed by atoms with van der Waals surface area (Å²) >= 11 is 1.79. The van der Waals surface area contributed by atoms with Gasteiger partial charge in [0.25, 0.3) is 0 Å². The number of benzene rings is 1. The second-order valence-corrected chi connectivity index (χ2v) is 8.62. The molecule has 0 spiro atoms. The van der Waals surface area contributed by atoms with Gasteiger partial charge in [-0.05, 0) is 18.2 Å². The Morgan fingerprint density at radius 3 is 2.42 bits per heavy atom. The van der Waals surface area contributed by atoms with E-state index in [1.165, 1.54) is 22.5 Å². The molecule has 0 aliphatic carbocycles. The number of nitrogen functional groups attached to an aromatic ring is 1. The van der Waals surface area contributed by atoms with Gasteiger partial charge in [-0.25, -0.2) is 8.42 Å². The highest BCUT2D eigenvalue weighted by molar-refractivity contribution is 8.00. The summed E-state index contributed by atoms with van der Waals surface area (Å²) in [5.41, 5.74) is 5.64. The standard InChI is InChI=1S/C12H18N2O3S2/c1-8-6-14(7-9(2)18-8)19(16,17)10-3-4-12(15)11(13)5-10/h3-5,8-9,15H,6-7,13H2,1-2H3. The van der Waals surface area contributed by atoms with E-state index in [0.717, 1.165) is 0 Å². The average Bonchev–Trinajstić information content (AvgIpc) is 2.31. The average molecular weight is 302 g/mol. The monoisotopic (exact) mass is 302 g/mol. The van der Waals surface area contributed by atoms with Gasteiger partial charge in [-0.15, -0.1) is 0 Å². The molecule has 7 heteroatoms. The molecule has 0 saturated carbocycles. The lowest BCUT2D eigenvalue weighted by Gasteiger charge is -2.33. The molecule has 0 radical (unpaired) electrons. The minimum atomic E-state index is -3.54. The van der Waals surface area contributed by atoms with Gasteiger partial charge in [0.15, 0.2) is 0 Å². The molecule has 2 atom stereocenters. The van der Waals surface area contributed by atoms with Gasteiger partial charge in [0.05, 0.1) is 10.6 Å². The Kier molecular flexibility index (Phi) is 3.98. The fourth-order valence-electron chi connectivity index (χ4n) is 2.17. The number of aromatic hydroxyl groups is 1. The van der Waals surface area contributed by atoms with Gasteiger partial charge in [-0.3, -0.25) is 0 Å². The highest BCUT2D eigenvalue weighted by Crippen LogP contribution is 2.30. The zero-order valence-electron chi connectivity index (χ0n) is 10.9. The lowest BCUT2D eigenvalue weighted by molar-refractivity contribution is 0.404. The molecule has 1 saturated heterocycles. The lowest BCUT2D eigenvalue weighted by atomic mass is 10.3. The van der Waals surface area contributed by atoms with Crippen LogP contribution in [0.1, 0.15) is 13.8 Å². The Labute approximate surface area is 117 Å². The van der Waals surface area contributed by atoms with E-state index in [2.05, 4.69) is 0 Å². The van der Waals surface area contributed by atoms with E-state index in [4.69, 9.17) is 5.73 Å². The fourth-order valence-corrected chi connectivity index (χ4v) is 5.34. The number of rotatable bonds is 2. The van der Waals surface area contributed by atoms with Crippen molar-refractivity contribution in [2.75, 3.05) is 18.8 Å². The predicted molar refractivity (Wildman–Crippen MR) is 77.8 cm³/mol. The van der Waals surface area contributed by atoms with Gasteiger partial charge in [-0.2, -0.15) is 16.1 Å². The van der Waals surface area contributed by atoms with Crippen LogP contribution in [-0.2, 0) is 10.0 Å². The molecule has 1 heterocycles. The van der Waals surface area contributed by atoms with Crippen LogP contribution < -0.4 is 5.73 Å². The summed E-state index contributed by atoms with van der Waals surface area (Å²) in [6.45, 7) is 5.04. The minimum absolute atomic E-state index is 0.0774. The van der Waals surface area contributed by atoms with Crippen LogP contribution in [0, 0.1) is 0 Å². The van der Waals surface area contributed by atoms with Crippen LogP contribution in [-0.4, -0.2) is 41.4 Å². The Balaban J connectivity index is 2.33. The Hall–Kier alpha value is -0.920. The van der Waals surface area contributed by atoms with Crippen molar-refractivity contribution in [1.82, 2.24) is 4.31 Å². The van der Waals surface area contributed by atoms with Gasteiger partial charge in [0, 0.05) is 23.6 Å². The molecule has 2 unspecified atom stereocenters. The van der Waals surface area contributed by atoms with Crippen molar-refractivity contribution < 1.29 is 13.5 Å². The van der Waals surface area contributed by atoms with E-state index < -0.39 is 10.0 Å². The van der Waals surface area contributed by atoms with Crippen molar-refractivity contribution in [3.05, 3.63) is 18.2 Å². The highest BCUT2D eigenvalue weighted by Gasteiger charge is 2.32. The van der Waals surface area contributed by atoms with Crippen LogP contribution in [0.3, 0.4) is 0 Å². The third-order valence-electron chi connectivity index (χ3n) is 3.02. The summed E-state index contributed by atoms with van der Waals surface area (Å²) in [5.74, 6) is -0.102. The number of thioether (sulfide) groups is 1. The Bertz CT molecular complexity index is 564. The maximum Gasteiger partial charge on any atom is 0.243 e. The molecule has 1 fully saturated rings. The third-order valence-corrected chi connectivity index (χ3v) is 6.08. The summed E-state index contributed by atoms with van der Waals surface area (Å²) < 4.78 is 26.5. The summed E-state index contributed by atoms with van der Waals surface area (Å²) in [5, 5.41) is 9.91. The Morgan fingerprint density at radius 1 is 1.32 bits per heavy atom. The number of nitrogens with zero attached hydrogens (tertiary/aromatic N) is 1. The maximum absolute atomic E-state index is 12.5. The first kappa shape index (κ1) is 14.5. The summed E-state index contributed by atoms with van der Waals surface area (Å²) in [6.07, 6.45) is 0. The molecule has 0 aromatic heterocycles. The number of phenols is 1. The Morgan fingerprint density at radius 2 is 1.89 bits per heavy atom. The summed E-state index contributed by atoms with van der Waals surface area (Å²) in [4.78, 5) is 0.133. The van der Waals surface area contributed by atoms with E-state index in [1.54, 1.807) is 11.8 Å². The van der Waals surface area contributed by atoms with E-state index in [0.29, 0.717) is 13.1 Å².